The van der Waals surface area contributed by atoms with Gasteiger partial charge in [-0.3, -0.25) is 18.9 Å². The second-order valence-electron chi connectivity index (χ2n) is 8.15. The number of benzene rings is 2. The highest BCUT2D eigenvalue weighted by molar-refractivity contribution is 6.33. The van der Waals surface area contributed by atoms with E-state index in [0.717, 1.165) is 5.52 Å². The summed E-state index contributed by atoms with van der Waals surface area (Å²) < 4.78 is 14.6. The van der Waals surface area contributed by atoms with Gasteiger partial charge >= 0.3 is 5.69 Å². The van der Waals surface area contributed by atoms with Crippen molar-refractivity contribution in [1.29, 1.82) is 0 Å². The summed E-state index contributed by atoms with van der Waals surface area (Å²) in [5.74, 6) is 1.43. The Labute approximate surface area is 206 Å². The van der Waals surface area contributed by atoms with E-state index in [2.05, 4.69) is 11.6 Å². The predicted molar refractivity (Wildman–Crippen MR) is 134 cm³/mol. The second-order valence-corrected chi connectivity index (χ2v) is 8.53. The molecule has 1 saturated heterocycles. The molecule has 3 heterocycles. The first-order valence-electron chi connectivity index (χ1n) is 11.1. The average molecular weight is 491 g/mol. The van der Waals surface area contributed by atoms with E-state index >= 15 is 0 Å². The first-order chi connectivity index (χ1) is 17.0. The van der Waals surface area contributed by atoms with Crippen LogP contribution in [0.2, 0.25) is 5.02 Å². The van der Waals surface area contributed by atoms with Crippen molar-refractivity contribution in [3.8, 4) is 22.9 Å². The SMILES string of the molecule is C=CC(=O)N1CCC(n2c(=O)n(-c3ccc(Oc4cccc(OC)c4Cl)cc3)c3cnccc32)C1. The van der Waals surface area contributed by atoms with Crippen LogP contribution >= 0.6 is 11.6 Å². The molecule has 1 atom stereocenters. The lowest BCUT2D eigenvalue weighted by Gasteiger charge is -2.15. The highest BCUT2D eigenvalue weighted by Crippen LogP contribution is 2.36. The Bertz CT molecular complexity index is 1480. The van der Waals surface area contributed by atoms with Gasteiger partial charge in [-0.2, -0.15) is 0 Å². The Morgan fingerprint density at radius 2 is 1.91 bits per heavy atom. The van der Waals surface area contributed by atoms with Gasteiger partial charge in [-0.05, 0) is 55.0 Å². The maximum absolute atomic E-state index is 13.6. The predicted octanol–water partition coefficient (Wildman–Crippen LogP) is 4.60. The smallest absolute Gasteiger partial charge is 0.334 e. The number of carbonyl (C=O) groups is 1. The third-order valence-electron chi connectivity index (χ3n) is 6.16. The van der Waals surface area contributed by atoms with Crippen LogP contribution in [0.15, 0.2) is 78.4 Å². The molecule has 8 nitrogen and oxygen atoms in total. The molecule has 1 fully saturated rings. The molecule has 0 saturated carbocycles. The number of carbonyl (C=O) groups excluding carboxylic acids is 1. The summed E-state index contributed by atoms with van der Waals surface area (Å²) in [6, 6.07) is 14.2. The van der Waals surface area contributed by atoms with E-state index in [-0.39, 0.29) is 17.6 Å². The van der Waals surface area contributed by atoms with Crippen LogP contribution in [0.3, 0.4) is 0 Å². The third kappa shape index (κ3) is 4.06. The number of halogens is 1. The number of hydrogen-bond donors (Lipinski definition) is 0. The Morgan fingerprint density at radius 3 is 2.66 bits per heavy atom. The maximum Gasteiger partial charge on any atom is 0.334 e. The molecule has 178 valence electrons. The normalized spacial score (nSPS) is 15.4. The molecule has 0 radical (unpaired) electrons. The molecule has 1 amide bonds. The largest absolute Gasteiger partial charge is 0.495 e. The minimum absolute atomic E-state index is 0.127. The average Bonchev–Trinajstić information content (AvgIpc) is 3.47. The lowest BCUT2D eigenvalue weighted by atomic mass is 10.2. The summed E-state index contributed by atoms with van der Waals surface area (Å²) in [6.07, 6.45) is 5.34. The summed E-state index contributed by atoms with van der Waals surface area (Å²) in [5, 5.41) is 0.380. The van der Waals surface area contributed by atoms with Crippen molar-refractivity contribution in [2.24, 2.45) is 0 Å². The van der Waals surface area contributed by atoms with Gasteiger partial charge in [-0.25, -0.2) is 4.79 Å². The fraction of sp³-hybridized carbons (Fsp3) is 0.192. The molecule has 5 rings (SSSR count). The van der Waals surface area contributed by atoms with Gasteiger partial charge in [0, 0.05) is 19.3 Å². The maximum atomic E-state index is 13.6. The van der Waals surface area contributed by atoms with Crippen molar-refractivity contribution in [2.45, 2.75) is 12.5 Å². The second kappa shape index (κ2) is 9.31. The van der Waals surface area contributed by atoms with Crippen molar-refractivity contribution >= 4 is 28.5 Å². The zero-order valence-corrected chi connectivity index (χ0v) is 19.8. The number of imidazole rings is 1. The molecule has 0 bridgehead atoms. The van der Waals surface area contributed by atoms with Crippen LogP contribution in [0.1, 0.15) is 12.5 Å². The summed E-state index contributed by atoms with van der Waals surface area (Å²) in [7, 11) is 1.54. The zero-order chi connectivity index (χ0) is 24.5. The molecule has 1 aliphatic heterocycles. The fourth-order valence-electron chi connectivity index (χ4n) is 4.47. The number of nitrogens with zero attached hydrogens (tertiary/aromatic N) is 4. The highest BCUT2D eigenvalue weighted by Gasteiger charge is 2.30. The van der Waals surface area contributed by atoms with Crippen molar-refractivity contribution in [1.82, 2.24) is 19.0 Å². The quantitative estimate of drug-likeness (QED) is 0.369. The van der Waals surface area contributed by atoms with Crippen molar-refractivity contribution in [2.75, 3.05) is 20.2 Å². The lowest BCUT2D eigenvalue weighted by molar-refractivity contribution is -0.125. The Morgan fingerprint density at radius 1 is 1.14 bits per heavy atom. The van der Waals surface area contributed by atoms with Gasteiger partial charge in [0.15, 0.2) is 0 Å². The van der Waals surface area contributed by atoms with E-state index < -0.39 is 0 Å². The number of pyridine rings is 1. The number of ether oxygens (including phenoxy) is 2. The van der Waals surface area contributed by atoms with E-state index in [1.807, 2.05) is 18.2 Å². The number of likely N-dealkylation sites (tertiary alicyclic amines) is 1. The van der Waals surface area contributed by atoms with Gasteiger partial charge in [0.1, 0.15) is 22.3 Å². The van der Waals surface area contributed by atoms with Crippen LogP contribution in [0.4, 0.5) is 0 Å². The standard InChI is InChI=1S/C26H23ClN4O4/c1-3-24(32)29-14-12-18(16-29)31-20-11-13-28-15-21(20)30(26(31)33)17-7-9-19(10-8-17)35-23-6-4-5-22(34-2)25(23)27/h3-11,13,15,18H,1,12,14,16H2,2H3. The van der Waals surface area contributed by atoms with Crippen LogP contribution in [0.25, 0.3) is 16.7 Å². The van der Waals surface area contributed by atoms with Crippen LogP contribution in [0.5, 0.6) is 17.2 Å². The number of rotatable bonds is 6. The fourth-order valence-corrected chi connectivity index (χ4v) is 4.71. The molecule has 4 aromatic rings. The van der Waals surface area contributed by atoms with E-state index in [4.69, 9.17) is 21.1 Å². The number of hydrogen-bond acceptors (Lipinski definition) is 5. The highest BCUT2D eigenvalue weighted by atomic mass is 35.5. The first-order valence-corrected chi connectivity index (χ1v) is 11.5. The van der Waals surface area contributed by atoms with Crippen LogP contribution in [-0.2, 0) is 4.79 Å². The molecule has 0 aliphatic carbocycles. The van der Waals surface area contributed by atoms with Crippen molar-refractivity contribution in [3.63, 3.8) is 0 Å². The summed E-state index contributed by atoms with van der Waals surface area (Å²) in [5.41, 5.74) is 1.95. The molecule has 9 heteroatoms. The van der Waals surface area contributed by atoms with Gasteiger partial charge < -0.3 is 14.4 Å². The zero-order valence-electron chi connectivity index (χ0n) is 19.1. The molecular weight excluding hydrogens is 468 g/mol. The minimum Gasteiger partial charge on any atom is -0.495 e. The van der Waals surface area contributed by atoms with E-state index in [1.54, 1.807) is 63.9 Å². The number of methoxy groups -OCH3 is 1. The van der Waals surface area contributed by atoms with Crippen molar-refractivity contribution < 1.29 is 14.3 Å². The molecule has 2 aromatic heterocycles. The van der Waals surface area contributed by atoms with Gasteiger partial charge in [-0.15, -0.1) is 0 Å². The van der Waals surface area contributed by atoms with Gasteiger partial charge in [0.25, 0.3) is 0 Å². The van der Waals surface area contributed by atoms with Gasteiger partial charge in [0.05, 0.1) is 36.1 Å². The lowest BCUT2D eigenvalue weighted by Crippen LogP contribution is -2.31. The molecule has 1 unspecified atom stereocenters. The van der Waals surface area contributed by atoms with Crippen LogP contribution in [0, 0.1) is 0 Å². The number of fused-ring (bicyclic) bond motifs is 1. The van der Waals surface area contributed by atoms with Crippen molar-refractivity contribution in [3.05, 3.63) is 89.1 Å². The van der Waals surface area contributed by atoms with Crippen LogP contribution in [-0.4, -0.2) is 45.1 Å². The van der Waals surface area contributed by atoms with Gasteiger partial charge in [0.2, 0.25) is 5.91 Å². The molecule has 35 heavy (non-hydrogen) atoms. The molecule has 0 spiro atoms. The Balaban J connectivity index is 1.49. The summed E-state index contributed by atoms with van der Waals surface area (Å²) in [4.78, 5) is 31.6. The molecule has 2 aromatic carbocycles. The summed E-state index contributed by atoms with van der Waals surface area (Å²) in [6.45, 7) is 4.61. The van der Waals surface area contributed by atoms with Crippen LogP contribution < -0.4 is 15.2 Å². The molecule has 1 aliphatic rings. The van der Waals surface area contributed by atoms with E-state index in [9.17, 15) is 9.59 Å². The third-order valence-corrected chi connectivity index (χ3v) is 6.53. The number of aromatic nitrogens is 3. The number of amides is 1. The van der Waals surface area contributed by atoms with Gasteiger partial charge in [-0.1, -0.05) is 24.2 Å². The summed E-state index contributed by atoms with van der Waals surface area (Å²) >= 11 is 6.34. The Kier molecular flexibility index (Phi) is 6.05. The Hall–Kier alpha value is -4.04. The monoisotopic (exact) mass is 490 g/mol. The topological polar surface area (TPSA) is 78.6 Å². The minimum atomic E-state index is -0.185. The van der Waals surface area contributed by atoms with E-state index in [0.29, 0.717) is 53.0 Å². The molecular formula is C26H23ClN4O4. The molecule has 0 N–H and O–H groups in total. The van der Waals surface area contributed by atoms with E-state index in [1.165, 1.54) is 6.08 Å². The first kappa shape index (κ1) is 22.7.